The van der Waals surface area contributed by atoms with E-state index < -0.39 is 0 Å². The van der Waals surface area contributed by atoms with Crippen LogP contribution in [0.2, 0.25) is 0 Å². The summed E-state index contributed by atoms with van der Waals surface area (Å²) in [6.45, 7) is 5.87. The lowest BCUT2D eigenvalue weighted by molar-refractivity contribution is -0.140. The second-order valence-corrected chi connectivity index (χ2v) is 8.72. The summed E-state index contributed by atoms with van der Waals surface area (Å²) in [7, 11) is 0. The average molecular weight is 381 g/mol. The van der Waals surface area contributed by atoms with E-state index in [1.807, 2.05) is 6.07 Å². The molecule has 0 bridgehead atoms. The number of piperidine rings is 1. The van der Waals surface area contributed by atoms with Crippen molar-refractivity contribution in [2.75, 3.05) is 13.1 Å². The predicted octanol–water partition coefficient (Wildman–Crippen LogP) is 4.59. The summed E-state index contributed by atoms with van der Waals surface area (Å²) in [5.74, 6) is -0.113. The molecule has 4 rings (SSSR count). The Bertz CT molecular complexity index is 797. The highest BCUT2D eigenvalue weighted by Gasteiger charge is 2.45. The minimum absolute atomic E-state index is 0.0474. The fourth-order valence-corrected chi connectivity index (χ4v) is 5.13. The number of hydrogen-bond donors (Lipinski definition) is 0. The molecule has 150 valence electrons. The van der Waals surface area contributed by atoms with Crippen molar-refractivity contribution < 1.29 is 9.59 Å². The average Bonchev–Trinajstić information content (AvgIpc) is 2.85. The minimum Gasteiger partial charge on any atom is -0.366 e. The number of hydrogen-bond acceptors (Lipinski definition) is 3. The van der Waals surface area contributed by atoms with Gasteiger partial charge in [0.1, 0.15) is 5.70 Å². The molecule has 28 heavy (non-hydrogen) atoms. The fraction of sp³-hybridized carbons (Fsp3) is 0.583. The molecule has 0 aromatic heterocycles. The monoisotopic (exact) mass is 380 g/mol. The number of carbonyl (C=O) groups excluding carboxylic acids is 2. The van der Waals surface area contributed by atoms with E-state index in [1.54, 1.807) is 4.90 Å². The first-order valence-corrected chi connectivity index (χ1v) is 11.0. The van der Waals surface area contributed by atoms with Gasteiger partial charge in [0, 0.05) is 19.1 Å². The van der Waals surface area contributed by atoms with Gasteiger partial charge in [0.15, 0.2) is 0 Å². The van der Waals surface area contributed by atoms with E-state index >= 15 is 0 Å². The number of amides is 2. The molecule has 4 nitrogen and oxygen atoms in total. The van der Waals surface area contributed by atoms with Crippen LogP contribution in [0.4, 0.5) is 0 Å². The molecule has 1 saturated heterocycles. The topological polar surface area (TPSA) is 40.6 Å². The zero-order valence-corrected chi connectivity index (χ0v) is 17.3. The van der Waals surface area contributed by atoms with Crippen LogP contribution in [0.1, 0.15) is 74.5 Å². The molecule has 1 aromatic carbocycles. The molecule has 1 saturated carbocycles. The van der Waals surface area contributed by atoms with Crippen LogP contribution >= 0.6 is 0 Å². The Kier molecular flexibility index (Phi) is 5.56. The molecule has 0 atom stereocenters. The fourth-order valence-electron chi connectivity index (χ4n) is 5.13. The second kappa shape index (κ2) is 8.10. The number of aryl methyl sites for hydroxylation is 2. The quantitative estimate of drug-likeness (QED) is 0.569. The van der Waals surface area contributed by atoms with Crippen molar-refractivity contribution in [1.29, 1.82) is 0 Å². The summed E-state index contributed by atoms with van der Waals surface area (Å²) in [5.41, 5.74) is 4.50. The maximum atomic E-state index is 13.6. The Labute approximate surface area is 168 Å². The summed E-state index contributed by atoms with van der Waals surface area (Å²) < 4.78 is 0. The van der Waals surface area contributed by atoms with Crippen molar-refractivity contribution in [2.24, 2.45) is 0 Å². The molecule has 2 heterocycles. The summed E-state index contributed by atoms with van der Waals surface area (Å²) in [4.78, 5) is 31.1. The Morgan fingerprint density at radius 1 is 0.821 bits per heavy atom. The van der Waals surface area contributed by atoms with Crippen molar-refractivity contribution in [1.82, 2.24) is 9.80 Å². The smallest absolute Gasteiger partial charge is 0.278 e. The van der Waals surface area contributed by atoms with E-state index in [9.17, 15) is 9.59 Å². The van der Waals surface area contributed by atoms with E-state index in [-0.39, 0.29) is 17.9 Å². The molecule has 2 amide bonds. The molecule has 0 spiro atoms. The molecular formula is C24H32N2O2. The SMILES string of the molecule is Cc1ccc(C2=C(N3CCCCC3)C(=O)N(C3CCCCCC3)C2=O)c(C)c1. The third-order valence-electron chi connectivity index (χ3n) is 6.60. The van der Waals surface area contributed by atoms with Crippen molar-refractivity contribution in [3.8, 4) is 0 Å². The highest BCUT2D eigenvalue weighted by Crippen LogP contribution is 2.37. The van der Waals surface area contributed by atoms with Gasteiger partial charge in [-0.05, 0) is 57.1 Å². The number of rotatable bonds is 3. The van der Waals surface area contributed by atoms with Crippen LogP contribution in [-0.2, 0) is 9.59 Å². The van der Waals surface area contributed by atoms with Gasteiger partial charge in [-0.2, -0.15) is 0 Å². The molecule has 2 fully saturated rings. The van der Waals surface area contributed by atoms with Gasteiger partial charge in [-0.15, -0.1) is 0 Å². The first-order chi connectivity index (χ1) is 13.6. The van der Waals surface area contributed by atoms with Gasteiger partial charge in [-0.1, -0.05) is 49.4 Å². The van der Waals surface area contributed by atoms with Crippen LogP contribution in [-0.4, -0.2) is 40.7 Å². The standard InChI is InChI=1S/C24H32N2O2/c1-17-12-13-20(18(2)16-17)21-22(25-14-8-5-9-15-25)24(28)26(23(21)27)19-10-6-3-4-7-11-19/h12-13,16,19H,3-11,14-15H2,1-2H3. The van der Waals surface area contributed by atoms with E-state index in [0.717, 1.165) is 62.7 Å². The number of imide groups is 1. The summed E-state index contributed by atoms with van der Waals surface area (Å²) >= 11 is 0. The van der Waals surface area contributed by atoms with Gasteiger partial charge < -0.3 is 4.90 Å². The number of benzene rings is 1. The Morgan fingerprint density at radius 3 is 2.11 bits per heavy atom. The van der Waals surface area contributed by atoms with Crippen LogP contribution in [0, 0.1) is 13.8 Å². The first-order valence-electron chi connectivity index (χ1n) is 11.0. The number of carbonyl (C=O) groups is 2. The molecule has 2 aliphatic heterocycles. The van der Waals surface area contributed by atoms with E-state index in [1.165, 1.54) is 24.8 Å². The Hall–Kier alpha value is -2.10. The van der Waals surface area contributed by atoms with Crippen molar-refractivity contribution in [3.05, 3.63) is 40.6 Å². The molecule has 1 aliphatic carbocycles. The lowest BCUT2D eigenvalue weighted by atomic mass is 9.96. The molecule has 0 unspecified atom stereocenters. The molecule has 4 heteroatoms. The number of nitrogens with zero attached hydrogens (tertiary/aromatic N) is 2. The van der Waals surface area contributed by atoms with Gasteiger partial charge in [-0.3, -0.25) is 14.5 Å². The van der Waals surface area contributed by atoms with Crippen LogP contribution in [0.25, 0.3) is 5.57 Å². The lowest BCUT2D eigenvalue weighted by Gasteiger charge is -2.31. The van der Waals surface area contributed by atoms with Gasteiger partial charge in [0.2, 0.25) is 0 Å². The summed E-state index contributed by atoms with van der Waals surface area (Å²) in [6.07, 6.45) is 9.93. The maximum Gasteiger partial charge on any atom is 0.278 e. The summed E-state index contributed by atoms with van der Waals surface area (Å²) in [6, 6.07) is 6.26. The Morgan fingerprint density at radius 2 is 1.46 bits per heavy atom. The highest BCUT2D eigenvalue weighted by atomic mass is 16.2. The zero-order valence-electron chi connectivity index (χ0n) is 17.3. The zero-order chi connectivity index (χ0) is 19.7. The van der Waals surface area contributed by atoms with E-state index in [0.29, 0.717) is 11.3 Å². The normalized spacial score (nSPS) is 22.2. The third kappa shape index (κ3) is 3.49. The predicted molar refractivity (Wildman–Crippen MR) is 112 cm³/mol. The first kappa shape index (κ1) is 19.2. The van der Waals surface area contributed by atoms with E-state index in [4.69, 9.17) is 0 Å². The highest BCUT2D eigenvalue weighted by molar-refractivity contribution is 6.36. The van der Waals surface area contributed by atoms with Crippen molar-refractivity contribution in [2.45, 2.75) is 77.7 Å². The lowest BCUT2D eigenvalue weighted by Crippen LogP contribution is -2.43. The van der Waals surface area contributed by atoms with Gasteiger partial charge in [-0.25, -0.2) is 0 Å². The molecular weight excluding hydrogens is 348 g/mol. The molecule has 3 aliphatic rings. The molecule has 0 radical (unpaired) electrons. The molecule has 1 aromatic rings. The van der Waals surface area contributed by atoms with Crippen molar-refractivity contribution >= 4 is 17.4 Å². The van der Waals surface area contributed by atoms with E-state index in [2.05, 4.69) is 30.9 Å². The van der Waals surface area contributed by atoms with Crippen LogP contribution < -0.4 is 0 Å². The molecule has 0 N–H and O–H groups in total. The van der Waals surface area contributed by atoms with Gasteiger partial charge in [0.05, 0.1) is 5.57 Å². The largest absolute Gasteiger partial charge is 0.366 e. The van der Waals surface area contributed by atoms with Crippen LogP contribution in [0.5, 0.6) is 0 Å². The Balaban J connectivity index is 1.77. The van der Waals surface area contributed by atoms with Crippen LogP contribution in [0.3, 0.4) is 0 Å². The third-order valence-corrected chi connectivity index (χ3v) is 6.60. The van der Waals surface area contributed by atoms with Gasteiger partial charge >= 0.3 is 0 Å². The van der Waals surface area contributed by atoms with Crippen molar-refractivity contribution in [3.63, 3.8) is 0 Å². The maximum absolute atomic E-state index is 13.6. The van der Waals surface area contributed by atoms with Gasteiger partial charge in [0.25, 0.3) is 11.8 Å². The summed E-state index contributed by atoms with van der Waals surface area (Å²) in [5, 5.41) is 0. The minimum atomic E-state index is -0.0653. The second-order valence-electron chi connectivity index (χ2n) is 8.72. The number of likely N-dealkylation sites (tertiary alicyclic amines) is 1. The van der Waals surface area contributed by atoms with Crippen LogP contribution in [0.15, 0.2) is 23.9 Å².